The molecule has 0 aliphatic rings. The highest BCUT2D eigenvalue weighted by Gasteiger charge is 2.20. The van der Waals surface area contributed by atoms with Crippen molar-refractivity contribution < 1.29 is 19.4 Å². The molecule has 4 aromatic rings. The van der Waals surface area contributed by atoms with Crippen LogP contribution in [0.2, 0.25) is 0 Å². The minimum Gasteiger partial charge on any atom is -0.504 e. The maximum absolute atomic E-state index is 12.3. The van der Waals surface area contributed by atoms with Gasteiger partial charge in [-0.15, -0.1) is 0 Å². The number of hydrogen-bond donors (Lipinski definition) is 2. The van der Waals surface area contributed by atoms with E-state index in [0.29, 0.717) is 34.3 Å². The van der Waals surface area contributed by atoms with Crippen LogP contribution in [0.1, 0.15) is 21.7 Å². The fourth-order valence-corrected chi connectivity index (χ4v) is 3.52. The number of phenols is 1. The standard InChI is InChI=1S/C23H22N4O4/c1-13-11-14(2)27-21(25-17-8-6-5-7-16(17)22(29)31-4)20(26-23(27)24-13)15-9-10-18(28)19(12-15)30-3/h5-12,25,28H,1-4H3. The molecule has 0 aliphatic heterocycles. The molecule has 8 heteroatoms. The molecule has 0 atom stereocenters. The maximum atomic E-state index is 12.3. The number of fused-ring (bicyclic) bond motifs is 1. The fraction of sp³-hybridized carbons (Fsp3) is 0.174. The Bertz CT molecular complexity index is 1300. The lowest BCUT2D eigenvalue weighted by Gasteiger charge is -2.14. The average molecular weight is 418 g/mol. The van der Waals surface area contributed by atoms with Gasteiger partial charge in [0.2, 0.25) is 5.78 Å². The van der Waals surface area contributed by atoms with E-state index in [1.54, 1.807) is 36.4 Å². The van der Waals surface area contributed by atoms with Crippen LogP contribution >= 0.6 is 0 Å². The quantitative estimate of drug-likeness (QED) is 0.467. The first kappa shape index (κ1) is 20.2. The van der Waals surface area contributed by atoms with E-state index in [1.165, 1.54) is 14.2 Å². The van der Waals surface area contributed by atoms with Crippen molar-refractivity contribution in [3.63, 3.8) is 0 Å². The monoisotopic (exact) mass is 418 g/mol. The van der Waals surface area contributed by atoms with Crippen molar-refractivity contribution >= 4 is 23.3 Å². The highest BCUT2D eigenvalue weighted by atomic mass is 16.5. The molecule has 31 heavy (non-hydrogen) atoms. The molecule has 4 rings (SSSR count). The number of ether oxygens (including phenoxy) is 2. The van der Waals surface area contributed by atoms with Gasteiger partial charge in [-0.1, -0.05) is 12.1 Å². The third kappa shape index (κ3) is 3.63. The number of nitrogens with zero attached hydrogens (tertiary/aromatic N) is 3. The van der Waals surface area contributed by atoms with Crippen molar-refractivity contribution in [2.45, 2.75) is 13.8 Å². The van der Waals surface area contributed by atoms with Gasteiger partial charge in [-0.2, -0.15) is 0 Å². The first-order valence-corrected chi connectivity index (χ1v) is 9.61. The number of aryl methyl sites for hydroxylation is 2. The Labute approximate surface area is 179 Å². The summed E-state index contributed by atoms with van der Waals surface area (Å²) in [5, 5.41) is 13.3. The molecule has 0 spiro atoms. The second kappa shape index (κ2) is 7.98. The molecule has 0 saturated carbocycles. The third-order valence-corrected chi connectivity index (χ3v) is 4.95. The van der Waals surface area contributed by atoms with E-state index in [9.17, 15) is 9.90 Å². The number of anilines is 2. The number of rotatable bonds is 5. The Kier molecular flexibility index (Phi) is 5.21. The highest BCUT2D eigenvalue weighted by molar-refractivity contribution is 5.97. The number of methoxy groups -OCH3 is 2. The summed E-state index contributed by atoms with van der Waals surface area (Å²) in [5.74, 6) is 1.05. The summed E-state index contributed by atoms with van der Waals surface area (Å²) in [7, 11) is 2.83. The Morgan fingerprint density at radius 1 is 1.06 bits per heavy atom. The van der Waals surface area contributed by atoms with E-state index >= 15 is 0 Å². The molecule has 0 unspecified atom stereocenters. The molecule has 2 heterocycles. The zero-order valence-electron chi connectivity index (χ0n) is 17.6. The molecule has 0 radical (unpaired) electrons. The van der Waals surface area contributed by atoms with Gasteiger partial charge in [-0.25, -0.2) is 14.8 Å². The smallest absolute Gasteiger partial charge is 0.339 e. The van der Waals surface area contributed by atoms with Crippen molar-refractivity contribution in [2.75, 3.05) is 19.5 Å². The van der Waals surface area contributed by atoms with Gasteiger partial charge in [0.25, 0.3) is 0 Å². The van der Waals surface area contributed by atoms with Crippen LogP contribution in [-0.4, -0.2) is 39.7 Å². The van der Waals surface area contributed by atoms with Gasteiger partial charge in [0.15, 0.2) is 11.5 Å². The first-order chi connectivity index (χ1) is 14.9. The second-order valence-corrected chi connectivity index (χ2v) is 7.03. The predicted octanol–water partition coefficient (Wildman–Crippen LogP) is 4.26. The van der Waals surface area contributed by atoms with Crippen LogP contribution in [-0.2, 0) is 4.74 Å². The van der Waals surface area contributed by atoms with E-state index in [2.05, 4.69) is 10.3 Å². The molecule has 0 saturated heterocycles. The highest BCUT2D eigenvalue weighted by Crippen LogP contribution is 2.37. The average Bonchev–Trinajstić information content (AvgIpc) is 3.12. The number of nitrogens with one attached hydrogen (secondary N) is 1. The topological polar surface area (TPSA) is 98.0 Å². The molecule has 0 aliphatic carbocycles. The van der Waals surface area contributed by atoms with Gasteiger partial charge in [0.05, 0.1) is 25.5 Å². The number of benzene rings is 2. The number of para-hydroxylation sites is 1. The van der Waals surface area contributed by atoms with Crippen LogP contribution in [0.15, 0.2) is 48.5 Å². The van der Waals surface area contributed by atoms with Crippen LogP contribution < -0.4 is 10.1 Å². The van der Waals surface area contributed by atoms with Crippen LogP contribution in [0.25, 0.3) is 17.0 Å². The molecule has 2 aromatic heterocycles. The van der Waals surface area contributed by atoms with E-state index in [0.717, 1.165) is 17.0 Å². The van der Waals surface area contributed by atoms with Crippen LogP contribution in [0.3, 0.4) is 0 Å². The van der Waals surface area contributed by atoms with Gasteiger partial charge in [0.1, 0.15) is 11.5 Å². The minimum atomic E-state index is -0.449. The lowest BCUT2D eigenvalue weighted by Crippen LogP contribution is -2.07. The molecule has 2 N–H and O–H groups in total. The summed E-state index contributed by atoms with van der Waals surface area (Å²) in [6, 6.07) is 14.0. The second-order valence-electron chi connectivity index (χ2n) is 7.03. The number of hydrogen-bond acceptors (Lipinski definition) is 7. The molecular formula is C23H22N4O4. The van der Waals surface area contributed by atoms with Gasteiger partial charge >= 0.3 is 5.97 Å². The van der Waals surface area contributed by atoms with Crippen molar-refractivity contribution in [1.82, 2.24) is 14.4 Å². The van der Waals surface area contributed by atoms with Crippen LogP contribution in [0, 0.1) is 13.8 Å². The summed E-state index contributed by atoms with van der Waals surface area (Å²) >= 11 is 0. The summed E-state index contributed by atoms with van der Waals surface area (Å²) in [6.45, 7) is 3.87. The van der Waals surface area contributed by atoms with Gasteiger partial charge < -0.3 is 19.9 Å². The van der Waals surface area contributed by atoms with E-state index in [1.807, 2.05) is 30.4 Å². The maximum Gasteiger partial charge on any atom is 0.339 e. The van der Waals surface area contributed by atoms with Crippen LogP contribution in [0.5, 0.6) is 11.5 Å². The predicted molar refractivity (Wildman–Crippen MR) is 117 cm³/mol. The van der Waals surface area contributed by atoms with Crippen molar-refractivity contribution in [2.24, 2.45) is 0 Å². The fourth-order valence-electron chi connectivity index (χ4n) is 3.52. The van der Waals surface area contributed by atoms with E-state index < -0.39 is 5.97 Å². The van der Waals surface area contributed by atoms with Crippen molar-refractivity contribution in [3.05, 3.63) is 65.5 Å². The Hall–Kier alpha value is -4.07. The molecular weight excluding hydrogens is 396 g/mol. The number of carbonyl (C=O) groups excluding carboxylic acids is 1. The zero-order valence-corrected chi connectivity index (χ0v) is 17.6. The summed E-state index contributed by atoms with van der Waals surface area (Å²) < 4.78 is 12.1. The van der Waals surface area contributed by atoms with Crippen LogP contribution in [0.4, 0.5) is 11.5 Å². The lowest BCUT2D eigenvalue weighted by atomic mass is 10.1. The van der Waals surface area contributed by atoms with Crippen molar-refractivity contribution in [3.8, 4) is 22.8 Å². The Balaban J connectivity index is 1.96. The van der Waals surface area contributed by atoms with Gasteiger partial charge in [-0.05, 0) is 50.2 Å². The number of carbonyl (C=O) groups is 1. The molecule has 2 aromatic carbocycles. The largest absolute Gasteiger partial charge is 0.504 e. The lowest BCUT2D eigenvalue weighted by molar-refractivity contribution is 0.0602. The molecule has 158 valence electrons. The first-order valence-electron chi connectivity index (χ1n) is 9.61. The summed E-state index contributed by atoms with van der Waals surface area (Å²) in [6.07, 6.45) is 0. The Morgan fingerprint density at radius 3 is 2.58 bits per heavy atom. The van der Waals surface area contributed by atoms with E-state index in [-0.39, 0.29) is 5.75 Å². The normalized spacial score (nSPS) is 10.8. The molecule has 0 fully saturated rings. The minimum absolute atomic E-state index is 0.0331. The number of phenolic OH excluding ortho intramolecular Hbond substituents is 1. The molecule has 8 nitrogen and oxygen atoms in total. The number of aromatic nitrogens is 3. The van der Waals surface area contributed by atoms with Gasteiger partial charge in [-0.3, -0.25) is 4.40 Å². The van der Waals surface area contributed by atoms with E-state index in [4.69, 9.17) is 14.5 Å². The van der Waals surface area contributed by atoms with Gasteiger partial charge in [0, 0.05) is 17.0 Å². The molecule has 0 amide bonds. The molecule has 0 bridgehead atoms. The third-order valence-electron chi connectivity index (χ3n) is 4.95. The summed E-state index contributed by atoms with van der Waals surface area (Å²) in [5.41, 5.74) is 4.04. The zero-order chi connectivity index (χ0) is 22.1. The Morgan fingerprint density at radius 2 is 1.84 bits per heavy atom. The SMILES string of the molecule is COC(=O)c1ccccc1Nc1c(-c2ccc(O)c(OC)c2)nc2nc(C)cc(C)n12. The number of esters is 1. The number of imidazole rings is 1. The summed E-state index contributed by atoms with van der Waals surface area (Å²) in [4.78, 5) is 21.6. The number of aromatic hydroxyl groups is 1. The van der Waals surface area contributed by atoms with Crippen molar-refractivity contribution in [1.29, 1.82) is 0 Å².